The van der Waals surface area contributed by atoms with Gasteiger partial charge in [0.05, 0.1) is 0 Å². The maximum Gasteiger partial charge on any atom is 0.227 e. The van der Waals surface area contributed by atoms with Crippen LogP contribution in [0.1, 0.15) is 18.7 Å². The number of hydrogen-bond acceptors (Lipinski definition) is 6. The van der Waals surface area contributed by atoms with Gasteiger partial charge < -0.3 is 14.8 Å². The summed E-state index contributed by atoms with van der Waals surface area (Å²) in [7, 11) is 0. The molecule has 2 aromatic heterocycles. The average Bonchev–Trinajstić information content (AvgIpc) is 3.16. The van der Waals surface area contributed by atoms with Crippen molar-refractivity contribution in [2.45, 2.75) is 19.8 Å². The number of ether oxygens (including phenoxy) is 2. The Labute approximate surface area is 162 Å². The van der Waals surface area contributed by atoms with E-state index in [-0.39, 0.29) is 11.8 Å². The minimum Gasteiger partial charge on any atom is -0.439 e. The molecule has 0 atom stereocenters. The Kier molecular flexibility index (Phi) is 5.29. The summed E-state index contributed by atoms with van der Waals surface area (Å²) < 4.78 is 13.0. The Morgan fingerprint density at radius 1 is 1.18 bits per heavy atom. The molecular weight excluding hydrogens is 358 g/mol. The molecule has 3 aromatic rings. The van der Waals surface area contributed by atoms with Gasteiger partial charge in [0.2, 0.25) is 11.8 Å². The first kappa shape index (κ1) is 18.1. The Bertz CT molecular complexity index is 948. The number of aromatic nitrogens is 4. The number of benzene rings is 1. The minimum atomic E-state index is 0.00995. The summed E-state index contributed by atoms with van der Waals surface area (Å²) in [5.41, 5.74) is 0.737. The third-order valence-corrected chi connectivity index (χ3v) is 4.64. The van der Waals surface area contributed by atoms with E-state index in [4.69, 9.17) is 9.47 Å². The van der Waals surface area contributed by atoms with Crippen LogP contribution in [0.25, 0.3) is 5.82 Å². The maximum atomic E-state index is 12.3. The Balaban J connectivity index is 1.41. The molecule has 1 amide bonds. The number of nitrogens with one attached hydrogen (secondary N) is 1. The number of rotatable bonds is 5. The van der Waals surface area contributed by atoms with Crippen molar-refractivity contribution in [3.63, 3.8) is 0 Å². The van der Waals surface area contributed by atoms with Crippen molar-refractivity contribution in [2.24, 2.45) is 5.92 Å². The van der Waals surface area contributed by atoms with Gasteiger partial charge in [-0.2, -0.15) is 0 Å². The third-order valence-electron chi connectivity index (χ3n) is 4.64. The predicted octanol–water partition coefficient (Wildman–Crippen LogP) is 3.13. The molecule has 28 heavy (non-hydrogen) atoms. The fourth-order valence-corrected chi connectivity index (χ4v) is 3.07. The minimum absolute atomic E-state index is 0.00995. The molecule has 0 radical (unpaired) electrons. The van der Waals surface area contributed by atoms with Gasteiger partial charge in [0.1, 0.15) is 23.7 Å². The first-order valence-electron chi connectivity index (χ1n) is 9.18. The van der Waals surface area contributed by atoms with Gasteiger partial charge in [0.25, 0.3) is 0 Å². The third kappa shape index (κ3) is 4.17. The van der Waals surface area contributed by atoms with Crippen molar-refractivity contribution in [3.05, 3.63) is 54.9 Å². The van der Waals surface area contributed by atoms with E-state index < -0.39 is 0 Å². The summed E-state index contributed by atoms with van der Waals surface area (Å²) in [6, 6.07) is 8.96. The molecular formula is C20H21N5O3. The van der Waals surface area contributed by atoms with Gasteiger partial charge in [-0.1, -0.05) is 0 Å². The van der Waals surface area contributed by atoms with Crippen LogP contribution in [-0.2, 0) is 9.53 Å². The Morgan fingerprint density at radius 2 is 1.96 bits per heavy atom. The van der Waals surface area contributed by atoms with E-state index in [0.717, 1.165) is 24.4 Å². The van der Waals surface area contributed by atoms with E-state index in [1.54, 1.807) is 24.4 Å². The summed E-state index contributed by atoms with van der Waals surface area (Å²) in [5, 5.41) is 2.95. The molecule has 1 saturated heterocycles. The average molecular weight is 379 g/mol. The zero-order valence-corrected chi connectivity index (χ0v) is 15.5. The lowest BCUT2D eigenvalue weighted by atomic mass is 9.99. The zero-order chi connectivity index (χ0) is 19.3. The molecule has 0 bridgehead atoms. The van der Waals surface area contributed by atoms with Crippen LogP contribution in [0.3, 0.4) is 0 Å². The summed E-state index contributed by atoms with van der Waals surface area (Å²) in [4.78, 5) is 24.9. The summed E-state index contributed by atoms with van der Waals surface area (Å²) >= 11 is 0. The summed E-state index contributed by atoms with van der Waals surface area (Å²) in [6.45, 7) is 3.19. The number of amides is 1. The summed E-state index contributed by atoms with van der Waals surface area (Å²) in [5.74, 6) is 2.60. The van der Waals surface area contributed by atoms with Crippen LogP contribution >= 0.6 is 0 Å². The molecule has 0 saturated carbocycles. The second kappa shape index (κ2) is 8.18. The van der Waals surface area contributed by atoms with Gasteiger partial charge in [0.15, 0.2) is 0 Å². The molecule has 4 rings (SSSR count). The monoisotopic (exact) mass is 379 g/mol. The van der Waals surface area contributed by atoms with E-state index in [1.165, 1.54) is 6.33 Å². The second-order valence-electron chi connectivity index (χ2n) is 6.56. The van der Waals surface area contributed by atoms with Crippen LogP contribution in [0, 0.1) is 12.8 Å². The van der Waals surface area contributed by atoms with Crippen molar-refractivity contribution in [2.75, 3.05) is 18.5 Å². The van der Waals surface area contributed by atoms with Crippen molar-refractivity contribution in [3.8, 4) is 17.4 Å². The molecule has 8 heteroatoms. The molecule has 3 heterocycles. The first-order chi connectivity index (χ1) is 13.7. The standard InChI is InChI=1S/C20H21N5O3/c1-14-21-8-9-25(14)18-12-19(23-13-22-18)28-17-4-2-16(3-5-17)24-20(26)15-6-10-27-11-7-15/h2-5,8-9,12-13,15H,6-7,10-11H2,1H3,(H,24,26). The highest BCUT2D eigenvalue weighted by Crippen LogP contribution is 2.24. The molecule has 0 unspecified atom stereocenters. The van der Waals surface area contributed by atoms with Crippen molar-refractivity contribution >= 4 is 11.6 Å². The highest BCUT2D eigenvalue weighted by molar-refractivity contribution is 5.92. The largest absolute Gasteiger partial charge is 0.439 e. The lowest BCUT2D eigenvalue weighted by molar-refractivity contribution is -0.122. The SMILES string of the molecule is Cc1nccn1-c1cc(Oc2ccc(NC(=O)C3CCOCC3)cc2)ncn1. The quantitative estimate of drug-likeness (QED) is 0.732. The molecule has 1 aromatic carbocycles. The van der Waals surface area contributed by atoms with Crippen LogP contribution in [0.4, 0.5) is 5.69 Å². The molecule has 1 fully saturated rings. The molecule has 1 N–H and O–H groups in total. The molecule has 144 valence electrons. The summed E-state index contributed by atoms with van der Waals surface area (Å²) in [6.07, 6.45) is 6.52. The van der Waals surface area contributed by atoms with E-state index in [9.17, 15) is 4.79 Å². The highest BCUT2D eigenvalue weighted by Gasteiger charge is 2.21. The number of hydrogen-bond donors (Lipinski definition) is 1. The number of carbonyl (C=O) groups is 1. The normalized spacial score (nSPS) is 14.6. The number of nitrogens with zero attached hydrogens (tertiary/aromatic N) is 4. The van der Waals surface area contributed by atoms with Crippen molar-refractivity contribution in [1.82, 2.24) is 19.5 Å². The van der Waals surface area contributed by atoms with Gasteiger partial charge in [0, 0.05) is 43.3 Å². The molecule has 8 nitrogen and oxygen atoms in total. The lowest BCUT2D eigenvalue weighted by Crippen LogP contribution is -2.28. The molecule has 0 aliphatic carbocycles. The second-order valence-corrected chi connectivity index (χ2v) is 6.56. The van der Waals surface area contributed by atoms with E-state index in [1.807, 2.05) is 29.8 Å². The fourth-order valence-electron chi connectivity index (χ4n) is 3.07. The lowest BCUT2D eigenvalue weighted by Gasteiger charge is -2.21. The number of anilines is 1. The first-order valence-corrected chi connectivity index (χ1v) is 9.18. The van der Waals surface area contributed by atoms with Gasteiger partial charge in [-0.15, -0.1) is 0 Å². The Hall–Kier alpha value is -3.26. The van der Waals surface area contributed by atoms with Crippen LogP contribution in [0.15, 0.2) is 49.1 Å². The molecule has 1 aliphatic heterocycles. The number of imidazole rings is 1. The number of carbonyl (C=O) groups excluding carboxylic acids is 1. The smallest absolute Gasteiger partial charge is 0.227 e. The van der Waals surface area contributed by atoms with E-state index in [2.05, 4.69) is 20.3 Å². The van der Waals surface area contributed by atoms with Gasteiger partial charge in [-0.05, 0) is 44.0 Å². The molecule has 0 spiro atoms. The van der Waals surface area contributed by atoms with Crippen LogP contribution in [0.2, 0.25) is 0 Å². The highest BCUT2D eigenvalue weighted by atomic mass is 16.5. The topological polar surface area (TPSA) is 91.2 Å². The van der Waals surface area contributed by atoms with Gasteiger partial charge in [-0.3, -0.25) is 9.36 Å². The zero-order valence-electron chi connectivity index (χ0n) is 15.5. The van der Waals surface area contributed by atoms with Crippen molar-refractivity contribution < 1.29 is 14.3 Å². The van der Waals surface area contributed by atoms with E-state index in [0.29, 0.717) is 30.7 Å². The van der Waals surface area contributed by atoms with E-state index >= 15 is 0 Å². The van der Waals surface area contributed by atoms with Crippen LogP contribution in [0.5, 0.6) is 11.6 Å². The Morgan fingerprint density at radius 3 is 2.68 bits per heavy atom. The van der Waals surface area contributed by atoms with Crippen LogP contribution in [-0.4, -0.2) is 38.6 Å². The fraction of sp³-hybridized carbons (Fsp3) is 0.300. The van der Waals surface area contributed by atoms with Gasteiger partial charge >= 0.3 is 0 Å². The van der Waals surface area contributed by atoms with Gasteiger partial charge in [-0.25, -0.2) is 15.0 Å². The molecule has 1 aliphatic rings. The number of aryl methyl sites for hydroxylation is 1. The predicted molar refractivity (Wildman–Crippen MR) is 103 cm³/mol. The maximum absolute atomic E-state index is 12.3. The van der Waals surface area contributed by atoms with Crippen molar-refractivity contribution in [1.29, 1.82) is 0 Å². The van der Waals surface area contributed by atoms with Crippen LogP contribution < -0.4 is 10.1 Å².